The number of nitrogens with one attached hydrogen (secondary N) is 2. The lowest BCUT2D eigenvalue weighted by atomic mass is 10.3. The van der Waals surface area contributed by atoms with Gasteiger partial charge in [0, 0.05) is 11.5 Å². The fourth-order valence-corrected chi connectivity index (χ4v) is 5.39. The number of carbonyl (C=O) groups excluding carboxylic acids is 2. The molecule has 2 heterocycles. The molecular weight excluding hydrogens is 430 g/mol. The number of imide groups is 1. The van der Waals surface area contributed by atoms with Gasteiger partial charge in [0.15, 0.2) is 5.58 Å². The smallest absolute Gasteiger partial charge is 0.406 e. The Morgan fingerprint density at radius 1 is 1.42 bits per heavy atom. The third-order valence-corrected chi connectivity index (χ3v) is 6.43. The van der Waals surface area contributed by atoms with Crippen molar-refractivity contribution in [1.82, 2.24) is 14.6 Å². The van der Waals surface area contributed by atoms with Gasteiger partial charge in [0.1, 0.15) is 16.0 Å². The van der Waals surface area contributed by atoms with Crippen LogP contribution in [0.4, 0.5) is 0 Å². The van der Waals surface area contributed by atoms with Crippen molar-refractivity contribution in [3.63, 3.8) is 0 Å². The maximum absolute atomic E-state index is 12.6. The van der Waals surface area contributed by atoms with Crippen LogP contribution in [-0.2, 0) is 19.6 Å². The molecule has 1 aromatic carbocycles. The van der Waals surface area contributed by atoms with Crippen LogP contribution in [0.2, 0.25) is 5.02 Å². The molecule has 9 nitrogen and oxygen atoms in total. The molecule has 1 aliphatic rings. The molecule has 0 saturated carbocycles. The maximum Gasteiger partial charge on any atom is 0.417 e. The van der Waals surface area contributed by atoms with E-state index in [1.54, 1.807) is 0 Å². The number of oxazole rings is 1. The summed E-state index contributed by atoms with van der Waals surface area (Å²) in [5.41, 5.74) is 0.0823. The summed E-state index contributed by atoms with van der Waals surface area (Å²) in [5.74, 6) is -1.95. The molecule has 0 spiro atoms. The zero-order chi connectivity index (χ0) is 17.8. The fourth-order valence-electron chi connectivity index (χ4n) is 2.34. The molecule has 1 unspecified atom stereocenters. The van der Waals surface area contributed by atoms with E-state index in [-0.39, 0.29) is 27.0 Å². The molecule has 128 valence electrons. The first-order valence-electron chi connectivity index (χ1n) is 6.45. The van der Waals surface area contributed by atoms with Gasteiger partial charge in [-0.05, 0) is 22.0 Å². The Hall–Kier alpha value is -1.69. The highest BCUT2D eigenvalue weighted by molar-refractivity contribution is 9.10. The van der Waals surface area contributed by atoms with E-state index in [2.05, 4.69) is 25.6 Å². The highest BCUT2D eigenvalue weighted by atomic mass is 79.9. The first-order valence-corrected chi connectivity index (χ1v) is 9.11. The van der Waals surface area contributed by atoms with E-state index in [0.29, 0.717) is 0 Å². The molecule has 0 bridgehead atoms. The van der Waals surface area contributed by atoms with Gasteiger partial charge in [-0.15, -0.1) is 0 Å². The lowest BCUT2D eigenvalue weighted by molar-refractivity contribution is -0.137. The summed E-state index contributed by atoms with van der Waals surface area (Å²) in [5, 5.41) is -0.324. The van der Waals surface area contributed by atoms with Crippen molar-refractivity contribution in [3.8, 4) is 0 Å². The standard InChI is InChI=1S/C12H9BrClN3O6S/c1-17-7(18)3-6(11(17)19)16-24(21,22)10-4(13)2-5-9(8(10)14)23-12(20)15-5/h2,6,16H,3H2,1H3,(H,15,20). The molecule has 2 amide bonds. The third-order valence-electron chi connectivity index (χ3n) is 3.51. The van der Waals surface area contributed by atoms with Gasteiger partial charge in [0.25, 0.3) is 0 Å². The number of benzene rings is 1. The number of nitrogens with zero attached hydrogens (tertiary/aromatic N) is 1. The molecule has 3 rings (SSSR count). The molecule has 2 N–H and O–H groups in total. The minimum atomic E-state index is -4.27. The van der Waals surface area contributed by atoms with Crippen LogP contribution >= 0.6 is 27.5 Å². The zero-order valence-electron chi connectivity index (χ0n) is 11.9. The summed E-state index contributed by atoms with van der Waals surface area (Å²) in [4.78, 5) is 37.5. The number of carbonyl (C=O) groups is 2. The van der Waals surface area contributed by atoms with Gasteiger partial charge in [-0.1, -0.05) is 11.6 Å². The van der Waals surface area contributed by atoms with Crippen molar-refractivity contribution in [1.29, 1.82) is 0 Å². The number of amides is 2. The lowest BCUT2D eigenvalue weighted by Gasteiger charge is -2.14. The van der Waals surface area contributed by atoms with Crippen molar-refractivity contribution >= 4 is 60.5 Å². The Kier molecular flexibility index (Phi) is 4.06. The summed E-state index contributed by atoms with van der Waals surface area (Å²) >= 11 is 9.13. The normalized spacial score (nSPS) is 18.8. The molecule has 1 atom stereocenters. The molecule has 1 saturated heterocycles. The van der Waals surface area contributed by atoms with Gasteiger partial charge in [-0.3, -0.25) is 19.5 Å². The number of H-pyrrole nitrogens is 1. The molecule has 0 aliphatic carbocycles. The summed E-state index contributed by atoms with van der Waals surface area (Å²) < 4.78 is 32.2. The predicted molar refractivity (Wildman–Crippen MR) is 86.0 cm³/mol. The minimum Gasteiger partial charge on any atom is -0.406 e. The van der Waals surface area contributed by atoms with E-state index in [1.807, 2.05) is 0 Å². The molecular formula is C12H9BrClN3O6S. The number of rotatable bonds is 3. The zero-order valence-corrected chi connectivity index (χ0v) is 15.1. The van der Waals surface area contributed by atoms with Gasteiger partial charge in [-0.2, -0.15) is 4.72 Å². The number of likely N-dealkylation sites (tertiary alicyclic amines) is 1. The summed E-state index contributed by atoms with van der Waals surface area (Å²) in [7, 11) is -3.01. The monoisotopic (exact) mass is 437 g/mol. The number of fused-ring (bicyclic) bond motifs is 1. The first kappa shape index (κ1) is 17.1. The van der Waals surface area contributed by atoms with E-state index in [9.17, 15) is 22.8 Å². The van der Waals surface area contributed by atoms with Gasteiger partial charge in [0.05, 0.1) is 11.9 Å². The highest BCUT2D eigenvalue weighted by Crippen LogP contribution is 2.35. The van der Waals surface area contributed by atoms with Crippen LogP contribution in [0.1, 0.15) is 6.42 Å². The highest BCUT2D eigenvalue weighted by Gasteiger charge is 2.39. The van der Waals surface area contributed by atoms with Crippen molar-refractivity contribution in [2.75, 3.05) is 7.05 Å². The van der Waals surface area contributed by atoms with Crippen LogP contribution in [-0.4, -0.2) is 43.2 Å². The molecule has 2 aromatic rings. The van der Waals surface area contributed by atoms with Gasteiger partial charge in [0.2, 0.25) is 21.8 Å². The number of likely N-dealkylation sites (N-methyl/N-ethyl adjacent to an activating group) is 1. The average Bonchev–Trinajstić information content (AvgIpc) is 2.94. The van der Waals surface area contributed by atoms with Crippen LogP contribution in [0, 0.1) is 0 Å². The molecule has 1 fully saturated rings. The first-order chi connectivity index (χ1) is 11.1. The Morgan fingerprint density at radius 3 is 2.67 bits per heavy atom. The number of aromatic amines is 1. The summed E-state index contributed by atoms with van der Waals surface area (Å²) in [6, 6.07) is 0.0958. The second kappa shape index (κ2) is 5.69. The number of hydrogen-bond donors (Lipinski definition) is 2. The van der Waals surface area contributed by atoms with Crippen molar-refractivity contribution < 1.29 is 22.4 Å². The van der Waals surface area contributed by atoms with E-state index < -0.39 is 38.5 Å². The third kappa shape index (κ3) is 2.66. The van der Waals surface area contributed by atoms with Crippen molar-refractivity contribution in [2.45, 2.75) is 17.4 Å². The van der Waals surface area contributed by atoms with Crippen LogP contribution in [0.3, 0.4) is 0 Å². The van der Waals surface area contributed by atoms with Crippen LogP contribution in [0.25, 0.3) is 11.1 Å². The predicted octanol–water partition coefficient (Wildman–Crippen LogP) is 0.573. The van der Waals surface area contributed by atoms with Gasteiger partial charge >= 0.3 is 5.76 Å². The van der Waals surface area contributed by atoms with Crippen molar-refractivity contribution in [2.24, 2.45) is 0 Å². The number of aromatic nitrogens is 1. The van der Waals surface area contributed by atoms with Crippen LogP contribution in [0.15, 0.2) is 24.6 Å². The van der Waals surface area contributed by atoms with Crippen molar-refractivity contribution in [3.05, 3.63) is 26.1 Å². The Labute approximate surface area is 148 Å². The topological polar surface area (TPSA) is 130 Å². The Balaban J connectivity index is 2.07. The van der Waals surface area contributed by atoms with Gasteiger partial charge in [-0.25, -0.2) is 13.2 Å². The number of hydrogen-bond acceptors (Lipinski definition) is 6. The molecule has 1 aliphatic heterocycles. The molecule has 24 heavy (non-hydrogen) atoms. The summed E-state index contributed by atoms with van der Waals surface area (Å²) in [6.07, 6.45) is -0.286. The summed E-state index contributed by atoms with van der Waals surface area (Å²) in [6.45, 7) is 0. The fraction of sp³-hybridized carbons (Fsp3) is 0.250. The van der Waals surface area contributed by atoms with E-state index in [1.165, 1.54) is 13.1 Å². The van der Waals surface area contributed by atoms with E-state index >= 15 is 0 Å². The average molecular weight is 439 g/mol. The number of halogens is 2. The molecule has 0 radical (unpaired) electrons. The Morgan fingerprint density at radius 2 is 2.08 bits per heavy atom. The quantitative estimate of drug-likeness (QED) is 0.674. The van der Waals surface area contributed by atoms with E-state index in [0.717, 1.165) is 4.90 Å². The largest absolute Gasteiger partial charge is 0.417 e. The van der Waals surface area contributed by atoms with E-state index in [4.69, 9.17) is 16.0 Å². The van der Waals surface area contributed by atoms with Gasteiger partial charge < -0.3 is 4.42 Å². The Bertz CT molecular complexity index is 1040. The van der Waals surface area contributed by atoms with Crippen LogP contribution < -0.4 is 10.5 Å². The SMILES string of the molecule is CN1C(=O)CC(NS(=O)(=O)c2c(Br)cc3[nH]c(=O)oc3c2Cl)C1=O. The molecule has 1 aromatic heterocycles. The minimum absolute atomic E-state index is 0.0645. The second-order valence-electron chi connectivity index (χ2n) is 5.06. The maximum atomic E-state index is 12.6. The van der Waals surface area contributed by atoms with Crippen LogP contribution in [0.5, 0.6) is 0 Å². The lowest BCUT2D eigenvalue weighted by Crippen LogP contribution is -2.40. The molecule has 12 heteroatoms. The number of sulfonamides is 1. The second-order valence-corrected chi connectivity index (χ2v) is 7.94.